The van der Waals surface area contributed by atoms with Gasteiger partial charge in [0.1, 0.15) is 6.17 Å². The average Bonchev–Trinajstić information content (AvgIpc) is 2.77. The van der Waals surface area contributed by atoms with E-state index in [-0.39, 0.29) is 18.1 Å². The number of nitrogens with zero attached hydrogens (tertiary/aromatic N) is 1. The molecule has 2 atom stereocenters. The van der Waals surface area contributed by atoms with Gasteiger partial charge in [-0.2, -0.15) is 0 Å². The Morgan fingerprint density at radius 1 is 1.33 bits per heavy atom. The summed E-state index contributed by atoms with van der Waals surface area (Å²) >= 11 is 0. The highest BCUT2D eigenvalue weighted by atomic mass is 16.5. The van der Waals surface area contributed by atoms with E-state index >= 15 is 0 Å². The second kappa shape index (κ2) is 7.05. The molecule has 1 aliphatic heterocycles. The number of benzene rings is 1. The first-order valence-electron chi connectivity index (χ1n) is 7.71. The number of aryl methyl sites for hydroxylation is 2. The molecule has 2 rings (SSSR count). The smallest absolute Gasteiger partial charge is 0.241 e. The maximum absolute atomic E-state index is 12.6. The quantitative estimate of drug-likeness (QED) is 0.875. The second-order valence-corrected chi connectivity index (χ2v) is 5.79. The number of nitrogens with one attached hydrogen (secondary N) is 1. The highest BCUT2D eigenvalue weighted by Crippen LogP contribution is 2.29. The number of hydrogen-bond donors (Lipinski definition) is 1. The van der Waals surface area contributed by atoms with Gasteiger partial charge >= 0.3 is 0 Å². The van der Waals surface area contributed by atoms with Gasteiger partial charge in [-0.3, -0.25) is 10.1 Å². The van der Waals surface area contributed by atoms with E-state index in [0.717, 1.165) is 12.8 Å². The lowest BCUT2D eigenvalue weighted by Crippen LogP contribution is -2.34. The maximum Gasteiger partial charge on any atom is 0.241 e. The lowest BCUT2D eigenvalue weighted by Gasteiger charge is -2.25. The van der Waals surface area contributed by atoms with E-state index in [1.54, 1.807) is 7.11 Å². The summed E-state index contributed by atoms with van der Waals surface area (Å²) in [4.78, 5) is 14.5. The van der Waals surface area contributed by atoms with Crippen LogP contribution in [-0.4, -0.2) is 37.1 Å². The Kier molecular flexibility index (Phi) is 5.37. The Morgan fingerprint density at radius 2 is 2.10 bits per heavy atom. The van der Waals surface area contributed by atoms with Crippen LogP contribution in [0.25, 0.3) is 0 Å². The molecular formula is C17H26N2O2. The van der Waals surface area contributed by atoms with Crippen molar-refractivity contribution in [2.75, 3.05) is 20.3 Å². The topological polar surface area (TPSA) is 41.6 Å². The summed E-state index contributed by atoms with van der Waals surface area (Å²) in [6.45, 7) is 7.49. The summed E-state index contributed by atoms with van der Waals surface area (Å²) in [5, 5.41) is 3.51. The predicted molar refractivity (Wildman–Crippen MR) is 84.1 cm³/mol. The molecule has 1 saturated heterocycles. The van der Waals surface area contributed by atoms with Crippen molar-refractivity contribution in [3.63, 3.8) is 0 Å². The zero-order valence-electron chi connectivity index (χ0n) is 13.5. The summed E-state index contributed by atoms with van der Waals surface area (Å²) in [6.07, 6.45) is 1.84. The summed E-state index contributed by atoms with van der Waals surface area (Å²) in [7, 11) is 1.67. The minimum atomic E-state index is -0.0724. The second-order valence-electron chi connectivity index (χ2n) is 5.79. The molecule has 4 heteroatoms. The molecule has 2 unspecified atom stereocenters. The Bertz CT molecular complexity index is 502. The summed E-state index contributed by atoms with van der Waals surface area (Å²) < 4.78 is 5.16. The number of methoxy groups -OCH3 is 1. The van der Waals surface area contributed by atoms with Crippen molar-refractivity contribution in [3.05, 3.63) is 34.9 Å². The highest BCUT2D eigenvalue weighted by molar-refractivity contribution is 5.84. The van der Waals surface area contributed by atoms with E-state index in [1.807, 2.05) is 4.90 Å². The van der Waals surface area contributed by atoms with Crippen LogP contribution in [0.3, 0.4) is 0 Å². The molecular weight excluding hydrogens is 264 g/mol. The molecule has 0 bridgehead atoms. The molecule has 1 aromatic rings. The normalized spacial score (nSPS) is 22.1. The molecule has 21 heavy (non-hydrogen) atoms. The van der Waals surface area contributed by atoms with Crippen LogP contribution >= 0.6 is 0 Å². The maximum atomic E-state index is 12.6. The summed E-state index contributed by atoms with van der Waals surface area (Å²) in [6, 6.07) is 6.34. The summed E-state index contributed by atoms with van der Waals surface area (Å²) in [5.41, 5.74) is 3.62. The third kappa shape index (κ3) is 3.44. The monoisotopic (exact) mass is 290 g/mol. The highest BCUT2D eigenvalue weighted by Gasteiger charge is 2.39. The largest absolute Gasteiger partial charge is 0.383 e. The number of hydrogen-bond acceptors (Lipinski definition) is 3. The molecule has 0 aliphatic carbocycles. The molecule has 1 fully saturated rings. The van der Waals surface area contributed by atoms with E-state index in [4.69, 9.17) is 4.74 Å². The number of amides is 1. The molecule has 0 radical (unpaired) electrons. The van der Waals surface area contributed by atoms with Crippen molar-refractivity contribution >= 4 is 5.91 Å². The Labute approximate surface area is 127 Å². The Hall–Kier alpha value is -1.39. The number of ether oxygens (including phenoxy) is 1. The zero-order chi connectivity index (χ0) is 15.4. The third-order valence-corrected chi connectivity index (χ3v) is 4.09. The molecule has 1 aliphatic rings. The van der Waals surface area contributed by atoms with Gasteiger partial charge in [-0.25, -0.2) is 0 Å². The minimum absolute atomic E-state index is 0.0379. The van der Waals surface area contributed by atoms with Crippen LogP contribution in [0.2, 0.25) is 0 Å². The van der Waals surface area contributed by atoms with E-state index in [0.29, 0.717) is 13.2 Å². The van der Waals surface area contributed by atoms with Gasteiger partial charge in [-0.1, -0.05) is 37.1 Å². The van der Waals surface area contributed by atoms with Gasteiger partial charge in [-0.15, -0.1) is 0 Å². The Balaban J connectivity index is 2.29. The van der Waals surface area contributed by atoms with Crippen LogP contribution < -0.4 is 5.32 Å². The van der Waals surface area contributed by atoms with Gasteiger partial charge in [0.15, 0.2) is 0 Å². The zero-order valence-corrected chi connectivity index (χ0v) is 13.5. The van der Waals surface area contributed by atoms with Crippen molar-refractivity contribution < 1.29 is 9.53 Å². The standard InChI is InChI=1S/C17H26N2O2/c1-5-6-15-17(20)19(9-10-21-4)16(18-15)14-11-12(2)7-8-13(14)3/h7-8,11,15-16,18H,5-6,9-10H2,1-4H3. The van der Waals surface area contributed by atoms with E-state index in [9.17, 15) is 4.79 Å². The van der Waals surface area contributed by atoms with Crippen molar-refractivity contribution in [2.24, 2.45) is 0 Å². The molecule has 1 heterocycles. The van der Waals surface area contributed by atoms with Crippen molar-refractivity contribution in [3.8, 4) is 0 Å². The van der Waals surface area contributed by atoms with Crippen LogP contribution in [-0.2, 0) is 9.53 Å². The minimum Gasteiger partial charge on any atom is -0.383 e. The third-order valence-electron chi connectivity index (χ3n) is 4.09. The fraction of sp³-hybridized carbons (Fsp3) is 0.588. The van der Waals surface area contributed by atoms with Crippen LogP contribution in [0.1, 0.15) is 42.6 Å². The van der Waals surface area contributed by atoms with Gasteiger partial charge in [0, 0.05) is 13.7 Å². The lowest BCUT2D eigenvalue weighted by molar-refractivity contribution is -0.130. The molecule has 0 aromatic heterocycles. The number of carbonyl (C=O) groups is 1. The van der Waals surface area contributed by atoms with Crippen LogP contribution in [0.4, 0.5) is 0 Å². The fourth-order valence-electron chi connectivity index (χ4n) is 2.92. The first-order chi connectivity index (χ1) is 10.1. The summed E-state index contributed by atoms with van der Waals surface area (Å²) in [5.74, 6) is 0.194. The first kappa shape index (κ1) is 16.0. The van der Waals surface area contributed by atoms with Gasteiger partial charge in [0.05, 0.1) is 12.6 Å². The van der Waals surface area contributed by atoms with Gasteiger partial charge in [0.2, 0.25) is 5.91 Å². The van der Waals surface area contributed by atoms with Crippen LogP contribution in [0.15, 0.2) is 18.2 Å². The van der Waals surface area contributed by atoms with E-state index in [2.05, 4.69) is 44.3 Å². The molecule has 1 N–H and O–H groups in total. The molecule has 4 nitrogen and oxygen atoms in total. The van der Waals surface area contributed by atoms with Crippen molar-refractivity contribution in [1.29, 1.82) is 0 Å². The molecule has 0 spiro atoms. The number of carbonyl (C=O) groups excluding carboxylic acids is 1. The molecule has 0 saturated carbocycles. The van der Waals surface area contributed by atoms with Gasteiger partial charge < -0.3 is 9.64 Å². The van der Waals surface area contributed by atoms with E-state index < -0.39 is 0 Å². The molecule has 1 aromatic carbocycles. The van der Waals surface area contributed by atoms with Crippen molar-refractivity contribution in [1.82, 2.24) is 10.2 Å². The molecule has 116 valence electrons. The van der Waals surface area contributed by atoms with Crippen LogP contribution in [0.5, 0.6) is 0 Å². The number of rotatable bonds is 6. The average molecular weight is 290 g/mol. The lowest BCUT2D eigenvalue weighted by atomic mass is 10.0. The van der Waals surface area contributed by atoms with Crippen molar-refractivity contribution in [2.45, 2.75) is 45.8 Å². The fourth-order valence-corrected chi connectivity index (χ4v) is 2.92. The molecule has 1 amide bonds. The van der Waals surface area contributed by atoms with Gasteiger partial charge in [-0.05, 0) is 31.4 Å². The van der Waals surface area contributed by atoms with Gasteiger partial charge in [0.25, 0.3) is 0 Å². The SMILES string of the molecule is CCCC1NC(c2cc(C)ccc2C)N(CCOC)C1=O. The Morgan fingerprint density at radius 3 is 2.76 bits per heavy atom. The van der Waals surface area contributed by atoms with Crippen LogP contribution in [0, 0.1) is 13.8 Å². The van der Waals surface area contributed by atoms with E-state index in [1.165, 1.54) is 16.7 Å². The predicted octanol–water partition coefficient (Wildman–Crippen LogP) is 2.55. The first-order valence-corrected chi connectivity index (χ1v) is 7.71.